The van der Waals surface area contributed by atoms with Crippen LogP contribution in [0.2, 0.25) is 0 Å². The summed E-state index contributed by atoms with van der Waals surface area (Å²) < 4.78 is 0. The first-order valence-corrected chi connectivity index (χ1v) is 3.81. The van der Waals surface area contributed by atoms with Gasteiger partial charge in [-0.05, 0) is 17.2 Å². The summed E-state index contributed by atoms with van der Waals surface area (Å²) in [5, 5.41) is 20.2. The molecule has 0 fully saturated rings. The quantitative estimate of drug-likeness (QED) is 0.132. The number of aromatic carboxylic acids is 1. The SMILES string of the molecule is O=C([O-])c1cc([S-])cc(CO[O-])c1.[Au+].[Cs+].[Cs+].[Cs]. The van der Waals surface area contributed by atoms with Crippen molar-refractivity contribution in [2.75, 3.05) is 0 Å². The van der Waals surface area contributed by atoms with Crippen molar-refractivity contribution in [2.24, 2.45) is 0 Å². The Morgan fingerprint density at radius 2 is 1.82 bits per heavy atom. The summed E-state index contributed by atoms with van der Waals surface area (Å²) in [6.07, 6.45) is 0. The zero-order valence-electron chi connectivity index (χ0n) is 9.78. The molecule has 0 saturated heterocycles. The van der Waals surface area contributed by atoms with Crippen LogP contribution in [-0.2, 0) is 46.5 Å². The Bertz CT molecular complexity index is 341. The van der Waals surface area contributed by atoms with E-state index in [1.165, 1.54) is 18.2 Å². The van der Waals surface area contributed by atoms with Crippen molar-refractivity contribution in [3.05, 3.63) is 29.3 Å². The predicted molar refractivity (Wildman–Crippen MR) is 46.9 cm³/mol. The topological polar surface area (TPSA) is 72.4 Å². The first kappa shape index (κ1) is 30.6. The van der Waals surface area contributed by atoms with Gasteiger partial charge in [0.1, 0.15) is 0 Å². The molecule has 0 unspecified atom stereocenters. The minimum atomic E-state index is -1.32. The molecule has 1 aromatic carbocycles. The van der Waals surface area contributed by atoms with E-state index in [1.54, 1.807) is 0 Å². The van der Waals surface area contributed by atoms with Crippen LogP contribution in [0.5, 0.6) is 0 Å². The molecular weight excluding hydrogens is 788 g/mol. The molecule has 9 heteroatoms. The molecule has 81 valence electrons. The van der Waals surface area contributed by atoms with Crippen molar-refractivity contribution < 1.29 is 180 Å². The van der Waals surface area contributed by atoms with Gasteiger partial charge in [0.25, 0.3) is 0 Å². The summed E-state index contributed by atoms with van der Waals surface area (Å²) in [5.41, 5.74) is 0.390. The van der Waals surface area contributed by atoms with Crippen molar-refractivity contribution in [1.82, 2.24) is 0 Å². The summed E-state index contributed by atoms with van der Waals surface area (Å²) in [6, 6.07) is 4.08. The van der Waals surface area contributed by atoms with Crippen LogP contribution in [0.1, 0.15) is 15.9 Å². The Morgan fingerprint density at radius 3 is 2.24 bits per heavy atom. The first-order chi connectivity index (χ1) is 6.13. The van der Waals surface area contributed by atoms with Gasteiger partial charge in [-0.15, -0.1) is 0 Å². The van der Waals surface area contributed by atoms with Gasteiger partial charge in [0.2, 0.25) is 0 Å². The van der Waals surface area contributed by atoms with Gasteiger partial charge in [0.05, 0.1) is 12.6 Å². The fourth-order valence-corrected chi connectivity index (χ4v) is 1.21. The number of carbonyl (C=O) groups excluding carboxylic acids is 1. The summed E-state index contributed by atoms with van der Waals surface area (Å²) in [6.45, 7) is -0.204. The van der Waals surface area contributed by atoms with Crippen LogP contribution < -0.4 is 148 Å². The second-order valence-corrected chi connectivity index (χ2v) is 2.89. The van der Waals surface area contributed by atoms with Gasteiger partial charge in [-0.3, -0.25) is 0 Å². The number of carboxylic acids is 1. The van der Waals surface area contributed by atoms with E-state index >= 15 is 0 Å². The standard InChI is InChI=1S/C8H8O4S.Au.3Cs/c9-8(10)6-1-5(4-12-11)2-7(13)3-6;;;;/h1-3,11,13H,4H2,(H,9,10);;;;/q;+1;;2*+1/p-3. The Balaban J connectivity index is -0.000000211. The molecule has 0 aliphatic heterocycles. The maximum Gasteiger partial charge on any atom is 1.00 e. The summed E-state index contributed by atoms with van der Waals surface area (Å²) in [7, 11) is 0. The van der Waals surface area contributed by atoms with E-state index < -0.39 is 5.97 Å². The molecule has 0 saturated carbocycles. The van der Waals surface area contributed by atoms with E-state index in [2.05, 4.69) is 4.89 Å². The molecule has 1 radical (unpaired) electrons. The molecule has 1 rings (SSSR count). The Hall–Kier alpha value is 5.73. The third kappa shape index (κ3) is 13.8. The van der Waals surface area contributed by atoms with Crippen LogP contribution >= 0.6 is 0 Å². The molecule has 0 bridgehead atoms. The van der Waals surface area contributed by atoms with Crippen LogP contribution in [-0.4, -0.2) is 74.9 Å². The van der Waals surface area contributed by atoms with Crippen molar-refractivity contribution in [2.45, 2.75) is 11.5 Å². The van der Waals surface area contributed by atoms with Crippen LogP contribution in [0.3, 0.4) is 0 Å². The molecule has 4 nitrogen and oxygen atoms in total. The fraction of sp³-hybridized carbons (Fsp3) is 0.125. The Labute approximate surface area is 298 Å². The van der Waals surface area contributed by atoms with Gasteiger partial charge in [-0.2, -0.15) is 4.90 Å². The van der Waals surface area contributed by atoms with Crippen LogP contribution in [0.25, 0.3) is 0 Å². The van der Waals surface area contributed by atoms with Gasteiger partial charge in [-0.25, -0.2) is 0 Å². The number of hydrogen-bond donors (Lipinski definition) is 0. The zero-order chi connectivity index (χ0) is 9.84. The van der Waals surface area contributed by atoms with Crippen molar-refractivity contribution in [1.29, 1.82) is 0 Å². The van der Waals surface area contributed by atoms with Crippen LogP contribution in [0.4, 0.5) is 0 Å². The van der Waals surface area contributed by atoms with Gasteiger partial charge in [0.15, 0.2) is 0 Å². The number of carbonyl (C=O) groups is 1. The normalized spacial score (nSPS) is 7.59. The second kappa shape index (κ2) is 18.1. The predicted octanol–water partition coefficient (Wildman–Crippen LogP) is -7.63. The minimum Gasteiger partial charge on any atom is -0.780 e. The first-order valence-electron chi connectivity index (χ1n) is 3.40. The maximum atomic E-state index is 10.4. The molecule has 0 heterocycles. The zero-order valence-corrected chi connectivity index (χ0v) is 31.6. The Morgan fingerprint density at radius 1 is 1.29 bits per heavy atom. The van der Waals surface area contributed by atoms with Crippen molar-refractivity contribution in [3.63, 3.8) is 0 Å². The average Bonchev–Trinajstić information content (AvgIpc) is 2.03. The largest absolute Gasteiger partial charge is 1.00 e. The smallest absolute Gasteiger partial charge is 0.780 e. The molecule has 0 aromatic heterocycles. The summed E-state index contributed by atoms with van der Waals surface area (Å²) in [5.74, 6) is -1.32. The van der Waals surface area contributed by atoms with Gasteiger partial charge >= 0.3 is 160 Å². The number of hydrogen-bond acceptors (Lipinski definition) is 5. The molecule has 0 atom stereocenters. The van der Waals surface area contributed by atoms with Crippen molar-refractivity contribution in [3.8, 4) is 0 Å². The van der Waals surface area contributed by atoms with Gasteiger partial charge in [-0.1, -0.05) is 12.1 Å². The third-order valence-corrected chi connectivity index (χ3v) is 1.66. The third-order valence-electron chi connectivity index (χ3n) is 1.43. The summed E-state index contributed by atoms with van der Waals surface area (Å²) >= 11 is 4.77. The number of benzene rings is 1. The van der Waals surface area contributed by atoms with E-state index in [0.717, 1.165) is 0 Å². The fourth-order valence-electron chi connectivity index (χ4n) is 0.930. The van der Waals surface area contributed by atoms with E-state index in [1.807, 2.05) is 0 Å². The van der Waals surface area contributed by atoms with Gasteiger partial charge in [0, 0.05) is 68.9 Å². The number of carboxylic acid groups (broad SMARTS) is 1. The maximum absolute atomic E-state index is 10.4. The monoisotopic (exact) mass is 793 g/mol. The van der Waals surface area contributed by atoms with Gasteiger partial charge < -0.3 is 32.7 Å². The summed E-state index contributed by atoms with van der Waals surface area (Å²) in [4.78, 5) is 14.4. The van der Waals surface area contributed by atoms with E-state index in [0.29, 0.717) is 10.5 Å². The molecule has 17 heavy (non-hydrogen) atoms. The molecule has 0 N–H and O–H groups in total. The molecular formula is C8H5AuCs3O4S. The van der Waals surface area contributed by atoms with Crippen molar-refractivity contribution >= 4 is 87.5 Å². The van der Waals surface area contributed by atoms with Crippen LogP contribution in [0.15, 0.2) is 23.1 Å². The molecule has 0 aliphatic carbocycles. The molecule has 0 amide bonds. The minimum absolute atomic E-state index is 0. The van der Waals surface area contributed by atoms with E-state index in [-0.39, 0.29) is 241 Å². The Kier molecular flexibility index (Phi) is 32.5. The van der Waals surface area contributed by atoms with E-state index in [9.17, 15) is 15.2 Å². The number of rotatable bonds is 3. The average molecular weight is 793 g/mol. The second-order valence-electron chi connectivity index (χ2n) is 2.42. The molecule has 0 aliphatic rings. The van der Waals surface area contributed by atoms with E-state index in [4.69, 9.17) is 12.6 Å². The van der Waals surface area contributed by atoms with Crippen LogP contribution in [0, 0.1) is 0 Å². The molecule has 1 aromatic rings. The molecule has 0 spiro atoms.